The SMILES string of the molecule is FC(F)C(F)(F)C(F)(F)C(F)(F)COCCl. The molecule has 98 valence electrons. The van der Waals surface area contributed by atoms with Gasteiger partial charge < -0.3 is 4.74 Å². The highest BCUT2D eigenvalue weighted by molar-refractivity contribution is 6.17. The van der Waals surface area contributed by atoms with Crippen LogP contribution in [0.2, 0.25) is 0 Å². The first-order valence-corrected chi connectivity index (χ1v) is 4.09. The molecule has 16 heavy (non-hydrogen) atoms. The molecule has 0 aromatic carbocycles. The third kappa shape index (κ3) is 2.68. The van der Waals surface area contributed by atoms with Gasteiger partial charge in [-0.3, -0.25) is 0 Å². The summed E-state index contributed by atoms with van der Waals surface area (Å²) in [5.41, 5.74) is 0. The molecule has 0 spiro atoms. The van der Waals surface area contributed by atoms with Gasteiger partial charge in [0.2, 0.25) is 0 Å². The number of ether oxygens (including phenoxy) is 1. The standard InChI is InChI=1S/C6H5ClF8O/c7-2-16-1-4(10,11)6(14,15)5(12,13)3(8)9/h3H,1-2H2. The molecule has 0 saturated carbocycles. The summed E-state index contributed by atoms with van der Waals surface area (Å²) in [7, 11) is 0. The normalized spacial score (nSPS) is 14.6. The lowest BCUT2D eigenvalue weighted by molar-refractivity contribution is -0.345. The van der Waals surface area contributed by atoms with Gasteiger partial charge in [0.1, 0.15) is 12.7 Å². The largest absolute Gasteiger partial charge is 0.380 e. The Bertz CT molecular complexity index is 231. The van der Waals surface area contributed by atoms with Crippen molar-refractivity contribution in [1.29, 1.82) is 0 Å². The van der Waals surface area contributed by atoms with E-state index in [2.05, 4.69) is 4.74 Å². The van der Waals surface area contributed by atoms with E-state index in [1.807, 2.05) is 0 Å². The molecule has 0 N–H and O–H groups in total. The van der Waals surface area contributed by atoms with Crippen molar-refractivity contribution in [2.24, 2.45) is 0 Å². The zero-order valence-corrected chi connectivity index (χ0v) is 8.06. The lowest BCUT2D eigenvalue weighted by Crippen LogP contribution is -2.59. The zero-order valence-electron chi connectivity index (χ0n) is 7.30. The summed E-state index contributed by atoms with van der Waals surface area (Å²) in [5.74, 6) is -17.9. The fourth-order valence-electron chi connectivity index (χ4n) is 0.638. The van der Waals surface area contributed by atoms with Crippen molar-refractivity contribution in [3.05, 3.63) is 0 Å². The van der Waals surface area contributed by atoms with E-state index in [0.29, 0.717) is 0 Å². The molecule has 0 heterocycles. The van der Waals surface area contributed by atoms with Gasteiger partial charge in [-0.1, -0.05) is 11.6 Å². The lowest BCUT2D eigenvalue weighted by atomic mass is 10.1. The van der Waals surface area contributed by atoms with Crippen molar-refractivity contribution < 1.29 is 39.9 Å². The topological polar surface area (TPSA) is 9.23 Å². The van der Waals surface area contributed by atoms with E-state index in [0.717, 1.165) is 0 Å². The Balaban J connectivity index is 5.01. The Morgan fingerprint density at radius 1 is 1.00 bits per heavy atom. The van der Waals surface area contributed by atoms with Crippen LogP contribution in [-0.4, -0.2) is 36.9 Å². The average molecular weight is 281 g/mol. The van der Waals surface area contributed by atoms with Crippen LogP contribution in [0.1, 0.15) is 0 Å². The van der Waals surface area contributed by atoms with Gasteiger partial charge in [0.15, 0.2) is 0 Å². The summed E-state index contributed by atoms with van der Waals surface area (Å²) in [6.07, 6.45) is -4.93. The Labute approximate surface area is 89.3 Å². The van der Waals surface area contributed by atoms with E-state index >= 15 is 0 Å². The van der Waals surface area contributed by atoms with E-state index < -0.39 is 36.9 Å². The maximum absolute atomic E-state index is 12.5. The molecule has 0 amide bonds. The second kappa shape index (κ2) is 4.91. The molecule has 0 aromatic heterocycles. The van der Waals surface area contributed by atoms with Gasteiger partial charge in [0, 0.05) is 0 Å². The quantitative estimate of drug-likeness (QED) is 0.535. The molecule has 0 rings (SSSR count). The summed E-state index contributed by atoms with van der Waals surface area (Å²) in [4.78, 5) is 0. The van der Waals surface area contributed by atoms with Crippen molar-refractivity contribution >= 4 is 11.6 Å². The van der Waals surface area contributed by atoms with Gasteiger partial charge in [0.25, 0.3) is 0 Å². The summed E-state index contributed by atoms with van der Waals surface area (Å²) in [6, 6.07) is -0.966. The fraction of sp³-hybridized carbons (Fsp3) is 1.00. The van der Waals surface area contributed by atoms with Crippen molar-refractivity contribution in [3.63, 3.8) is 0 Å². The fourth-order valence-corrected chi connectivity index (χ4v) is 0.715. The zero-order chi connectivity index (χ0) is 13.2. The Hall–Kier alpha value is -0.310. The van der Waals surface area contributed by atoms with Gasteiger partial charge in [0.05, 0.1) is 0 Å². The molecule has 0 fully saturated rings. The second-order valence-electron chi connectivity index (χ2n) is 2.66. The molecule has 0 aliphatic carbocycles. The molecule has 0 saturated heterocycles. The molecule has 0 aliphatic heterocycles. The maximum Gasteiger partial charge on any atom is 0.380 e. The molecule has 0 radical (unpaired) electrons. The number of hydrogen-bond donors (Lipinski definition) is 0. The summed E-state index contributed by atoms with van der Waals surface area (Å²) in [6.45, 7) is -2.19. The maximum atomic E-state index is 12.5. The van der Waals surface area contributed by atoms with Crippen molar-refractivity contribution in [1.82, 2.24) is 0 Å². The molecule has 0 aromatic rings. The third-order valence-corrected chi connectivity index (χ3v) is 1.67. The number of halogens is 9. The monoisotopic (exact) mass is 280 g/mol. The highest BCUT2D eigenvalue weighted by Crippen LogP contribution is 2.48. The molecule has 0 bridgehead atoms. The second-order valence-corrected chi connectivity index (χ2v) is 2.88. The molecule has 0 aliphatic rings. The van der Waals surface area contributed by atoms with Crippen molar-refractivity contribution in [2.45, 2.75) is 24.2 Å². The predicted octanol–water partition coefficient (Wildman–Crippen LogP) is 3.37. The summed E-state index contributed by atoms with van der Waals surface area (Å²) < 4.78 is 101. The van der Waals surface area contributed by atoms with Crippen LogP contribution < -0.4 is 0 Å². The minimum absolute atomic E-state index is 0.966. The molecule has 10 heteroatoms. The van der Waals surface area contributed by atoms with Crippen molar-refractivity contribution in [3.8, 4) is 0 Å². The van der Waals surface area contributed by atoms with Gasteiger partial charge in [-0.25, -0.2) is 8.78 Å². The van der Waals surface area contributed by atoms with Crippen LogP contribution in [0.4, 0.5) is 35.1 Å². The first kappa shape index (κ1) is 15.7. The third-order valence-electron chi connectivity index (χ3n) is 1.51. The van der Waals surface area contributed by atoms with Crippen molar-refractivity contribution in [2.75, 3.05) is 12.7 Å². The predicted molar refractivity (Wildman–Crippen MR) is 37.5 cm³/mol. The molecular weight excluding hydrogens is 276 g/mol. The van der Waals surface area contributed by atoms with Gasteiger partial charge in [-0.05, 0) is 0 Å². The van der Waals surface area contributed by atoms with E-state index in [1.165, 1.54) is 0 Å². The lowest BCUT2D eigenvalue weighted by Gasteiger charge is -2.31. The van der Waals surface area contributed by atoms with Gasteiger partial charge >= 0.3 is 24.2 Å². The molecule has 0 unspecified atom stereocenters. The highest BCUT2D eigenvalue weighted by atomic mass is 35.5. The first-order valence-electron chi connectivity index (χ1n) is 3.56. The molecular formula is C6H5ClF8O. The Morgan fingerprint density at radius 3 is 1.75 bits per heavy atom. The molecule has 1 nitrogen and oxygen atoms in total. The van der Waals surface area contributed by atoms with Crippen LogP contribution in [0, 0.1) is 0 Å². The summed E-state index contributed by atoms with van der Waals surface area (Å²) >= 11 is 4.70. The van der Waals surface area contributed by atoms with Gasteiger partial charge in [-0.2, -0.15) is 26.3 Å². The Morgan fingerprint density at radius 2 is 1.44 bits per heavy atom. The average Bonchev–Trinajstić information content (AvgIpc) is 2.13. The number of rotatable bonds is 6. The van der Waals surface area contributed by atoms with Crippen LogP contribution in [0.5, 0.6) is 0 Å². The van der Waals surface area contributed by atoms with E-state index in [9.17, 15) is 35.1 Å². The van der Waals surface area contributed by atoms with Crippen LogP contribution >= 0.6 is 11.6 Å². The summed E-state index contributed by atoms with van der Waals surface area (Å²) in [5, 5.41) is 0. The van der Waals surface area contributed by atoms with E-state index in [4.69, 9.17) is 11.6 Å². The van der Waals surface area contributed by atoms with Crippen LogP contribution in [0.3, 0.4) is 0 Å². The Kier molecular flexibility index (Phi) is 4.81. The van der Waals surface area contributed by atoms with E-state index in [1.54, 1.807) is 0 Å². The minimum Gasteiger partial charge on any atom is -0.359 e. The smallest absolute Gasteiger partial charge is 0.359 e. The van der Waals surface area contributed by atoms with Gasteiger partial charge in [-0.15, -0.1) is 0 Å². The number of hydrogen-bond acceptors (Lipinski definition) is 1. The van der Waals surface area contributed by atoms with Crippen LogP contribution in [0.25, 0.3) is 0 Å². The first-order chi connectivity index (χ1) is 7.00. The molecule has 0 atom stereocenters. The number of alkyl halides is 9. The van der Waals surface area contributed by atoms with Crippen LogP contribution in [0.15, 0.2) is 0 Å². The van der Waals surface area contributed by atoms with E-state index in [-0.39, 0.29) is 0 Å². The highest BCUT2D eigenvalue weighted by Gasteiger charge is 2.75. The minimum atomic E-state index is -6.24. The van der Waals surface area contributed by atoms with Crippen LogP contribution in [-0.2, 0) is 4.74 Å².